The summed E-state index contributed by atoms with van der Waals surface area (Å²) in [6.45, 7) is 0.842. The summed E-state index contributed by atoms with van der Waals surface area (Å²) >= 11 is 1.63. The standard InChI is InChI=1S/C28H26N2O3S/c31-27(29-18-22-12-8-16-32-22)26-23-13-5-7-15-25(23)34-28(26)30-17-21-11-4-6-14-24(21)33-19-20-9-2-1-3-10-20/h1-4,6,8-12,14,16-17H,5,7,13,15,18-19H2,(H,29,31). The zero-order valence-corrected chi connectivity index (χ0v) is 19.6. The first-order valence-corrected chi connectivity index (χ1v) is 12.3. The fourth-order valence-corrected chi connectivity index (χ4v) is 5.36. The number of aryl methyl sites for hydroxylation is 1. The van der Waals surface area contributed by atoms with Gasteiger partial charge in [0.25, 0.3) is 5.91 Å². The summed E-state index contributed by atoms with van der Waals surface area (Å²) in [4.78, 5) is 19.3. The van der Waals surface area contributed by atoms with Crippen molar-refractivity contribution in [3.05, 3.63) is 106 Å². The molecule has 6 heteroatoms. The highest BCUT2D eigenvalue weighted by molar-refractivity contribution is 7.16. The normalized spacial score (nSPS) is 13.1. The number of thiophene rings is 1. The summed E-state index contributed by atoms with van der Waals surface area (Å²) in [6, 6.07) is 21.6. The highest BCUT2D eigenvalue weighted by Crippen LogP contribution is 2.40. The van der Waals surface area contributed by atoms with Gasteiger partial charge in [-0.2, -0.15) is 0 Å². The predicted molar refractivity (Wildman–Crippen MR) is 135 cm³/mol. The molecule has 0 spiro atoms. The number of nitrogens with zero attached hydrogens (tertiary/aromatic N) is 1. The Bertz CT molecular complexity index is 1280. The Morgan fingerprint density at radius 3 is 2.71 bits per heavy atom. The van der Waals surface area contributed by atoms with Crippen LogP contribution in [0.4, 0.5) is 5.00 Å². The van der Waals surface area contributed by atoms with Gasteiger partial charge < -0.3 is 14.5 Å². The molecule has 0 bridgehead atoms. The van der Waals surface area contributed by atoms with Gasteiger partial charge in [0.15, 0.2) is 0 Å². The molecule has 2 aromatic carbocycles. The molecule has 172 valence electrons. The number of carbonyl (C=O) groups excluding carboxylic acids is 1. The van der Waals surface area contributed by atoms with Crippen LogP contribution in [-0.2, 0) is 26.0 Å². The van der Waals surface area contributed by atoms with Crippen LogP contribution in [0, 0.1) is 0 Å². The van der Waals surface area contributed by atoms with Gasteiger partial charge in [0, 0.05) is 16.7 Å². The lowest BCUT2D eigenvalue weighted by Crippen LogP contribution is -2.23. The number of hydrogen-bond acceptors (Lipinski definition) is 5. The van der Waals surface area contributed by atoms with Crippen molar-refractivity contribution < 1.29 is 13.9 Å². The number of para-hydroxylation sites is 1. The molecular weight excluding hydrogens is 444 g/mol. The summed E-state index contributed by atoms with van der Waals surface area (Å²) in [5.74, 6) is 1.39. The van der Waals surface area contributed by atoms with Gasteiger partial charge in [-0.25, -0.2) is 4.99 Å². The molecule has 34 heavy (non-hydrogen) atoms. The van der Waals surface area contributed by atoms with Gasteiger partial charge in [0.2, 0.25) is 0 Å². The summed E-state index contributed by atoms with van der Waals surface area (Å²) in [5, 5.41) is 3.75. The summed E-state index contributed by atoms with van der Waals surface area (Å²) in [5.41, 5.74) is 3.83. The molecule has 0 aliphatic heterocycles. The largest absolute Gasteiger partial charge is 0.488 e. The van der Waals surface area contributed by atoms with Crippen LogP contribution in [0.5, 0.6) is 5.75 Å². The van der Waals surface area contributed by atoms with E-state index in [9.17, 15) is 4.79 Å². The monoisotopic (exact) mass is 470 g/mol. The molecule has 2 aromatic heterocycles. The lowest BCUT2D eigenvalue weighted by molar-refractivity contribution is 0.0948. The van der Waals surface area contributed by atoms with E-state index in [4.69, 9.17) is 14.1 Å². The molecular formula is C28H26N2O3S. The van der Waals surface area contributed by atoms with Gasteiger partial charge in [-0.3, -0.25) is 4.79 Å². The molecule has 0 saturated heterocycles. The topological polar surface area (TPSA) is 63.8 Å². The molecule has 1 N–H and O–H groups in total. The minimum atomic E-state index is -0.100. The highest BCUT2D eigenvalue weighted by atomic mass is 32.1. The van der Waals surface area contributed by atoms with Crippen molar-refractivity contribution in [2.24, 2.45) is 4.99 Å². The molecule has 0 saturated carbocycles. The maximum Gasteiger partial charge on any atom is 0.255 e. The van der Waals surface area contributed by atoms with Crippen LogP contribution in [0.1, 0.15) is 50.5 Å². The van der Waals surface area contributed by atoms with Crippen LogP contribution >= 0.6 is 11.3 Å². The van der Waals surface area contributed by atoms with Gasteiger partial charge in [-0.15, -0.1) is 11.3 Å². The number of furan rings is 1. The van der Waals surface area contributed by atoms with Gasteiger partial charge in [0.05, 0.1) is 18.4 Å². The number of carbonyl (C=O) groups is 1. The predicted octanol–water partition coefficient (Wildman–Crippen LogP) is 6.48. The van der Waals surface area contributed by atoms with Gasteiger partial charge in [-0.1, -0.05) is 42.5 Å². The first-order valence-electron chi connectivity index (χ1n) is 11.5. The molecule has 1 aliphatic rings. The van der Waals surface area contributed by atoms with Crippen molar-refractivity contribution in [1.29, 1.82) is 0 Å². The Morgan fingerprint density at radius 2 is 1.85 bits per heavy atom. The van der Waals surface area contributed by atoms with Crippen molar-refractivity contribution in [1.82, 2.24) is 5.32 Å². The van der Waals surface area contributed by atoms with Crippen molar-refractivity contribution in [3.8, 4) is 5.75 Å². The van der Waals surface area contributed by atoms with E-state index in [-0.39, 0.29) is 5.91 Å². The molecule has 4 aromatic rings. The highest BCUT2D eigenvalue weighted by Gasteiger charge is 2.25. The fourth-order valence-electron chi connectivity index (χ4n) is 4.13. The van der Waals surface area contributed by atoms with E-state index >= 15 is 0 Å². The number of aliphatic imine (C=N–C) groups is 1. The molecule has 0 fully saturated rings. The molecule has 0 unspecified atom stereocenters. The number of hydrogen-bond donors (Lipinski definition) is 1. The summed E-state index contributed by atoms with van der Waals surface area (Å²) in [6.07, 6.45) is 7.59. The van der Waals surface area contributed by atoms with Crippen LogP contribution in [0.2, 0.25) is 0 Å². The minimum absolute atomic E-state index is 0.100. The third-order valence-corrected chi connectivity index (χ3v) is 7.06. The van der Waals surface area contributed by atoms with E-state index in [2.05, 4.69) is 5.32 Å². The maximum atomic E-state index is 13.2. The molecule has 5 rings (SSSR count). The third kappa shape index (κ3) is 5.13. The van der Waals surface area contributed by atoms with Gasteiger partial charge in [0.1, 0.15) is 23.1 Å². The molecule has 5 nitrogen and oxygen atoms in total. The van der Waals surface area contributed by atoms with Crippen molar-refractivity contribution in [3.63, 3.8) is 0 Å². The van der Waals surface area contributed by atoms with E-state index in [0.717, 1.165) is 58.9 Å². The minimum Gasteiger partial charge on any atom is -0.488 e. The first-order chi connectivity index (χ1) is 16.8. The van der Waals surface area contributed by atoms with Gasteiger partial charge >= 0.3 is 0 Å². The quantitative estimate of drug-likeness (QED) is 0.300. The number of nitrogens with one attached hydrogen (secondary N) is 1. The molecule has 1 aliphatic carbocycles. The second kappa shape index (κ2) is 10.5. The average Bonchev–Trinajstić information content (AvgIpc) is 3.53. The van der Waals surface area contributed by atoms with Crippen LogP contribution < -0.4 is 10.1 Å². The molecule has 0 radical (unpaired) electrons. The maximum absolute atomic E-state index is 13.2. The summed E-state index contributed by atoms with van der Waals surface area (Å²) < 4.78 is 11.4. The van der Waals surface area contributed by atoms with Crippen LogP contribution in [0.25, 0.3) is 0 Å². The van der Waals surface area contributed by atoms with E-state index < -0.39 is 0 Å². The fraction of sp³-hybridized carbons (Fsp3) is 0.214. The van der Waals surface area contributed by atoms with E-state index in [1.54, 1.807) is 23.8 Å². The SMILES string of the molecule is O=C(NCc1ccco1)c1c(N=Cc2ccccc2OCc2ccccc2)sc2c1CCCC2. The molecule has 0 atom stereocenters. The molecule has 2 heterocycles. The lowest BCUT2D eigenvalue weighted by Gasteiger charge is -2.12. The third-order valence-electron chi connectivity index (χ3n) is 5.86. The zero-order valence-electron chi connectivity index (χ0n) is 18.8. The number of fused-ring (bicyclic) bond motifs is 1. The Hall–Kier alpha value is -3.64. The summed E-state index contributed by atoms with van der Waals surface area (Å²) in [7, 11) is 0. The second-order valence-electron chi connectivity index (χ2n) is 8.22. The average molecular weight is 471 g/mol. The lowest BCUT2D eigenvalue weighted by atomic mass is 9.95. The number of benzene rings is 2. The van der Waals surface area contributed by atoms with Crippen LogP contribution in [-0.4, -0.2) is 12.1 Å². The number of ether oxygens (including phenoxy) is 1. The number of amides is 1. The van der Waals surface area contributed by atoms with Gasteiger partial charge in [-0.05, 0) is 61.1 Å². The van der Waals surface area contributed by atoms with Crippen molar-refractivity contribution in [2.75, 3.05) is 0 Å². The van der Waals surface area contributed by atoms with E-state index in [1.165, 1.54) is 4.88 Å². The van der Waals surface area contributed by atoms with Crippen molar-refractivity contribution >= 4 is 28.5 Å². The first kappa shape index (κ1) is 22.2. The Morgan fingerprint density at radius 1 is 1.03 bits per heavy atom. The Balaban J connectivity index is 1.38. The zero-order chi connectivity index (χ0) is 23.2. The van der Waals surface area contributed by atoms with Crippen LogP contribution in [0.3, 0.4) is 0 Å². The van der Waals surface area contributed by atoms with E-state index in [0.29, 0.717) is 18.7 Å². The number of rotatable bonds is 8. The second-order valence-corrected chi connectivity index (χ2v) is 9.31. The Labute approximate surface area is 203 Å². The van der Waals surface area contributed by atoms with Crippen LogP contribution in [0.15, 0.2) is 82.4 Å². The van der Waals surface area contributed by atoms with Crippen molar-refractivity contribution in [2.45, 2.75) is 38.8 Å². The Kier molecular flexibility index (Phi) is 6.86. The smallest absolute Gasteiger partial charge is 0.255 e. The molecule has 1 amide bonds. The van der Waals surface area contributed by atoms with E-state index in [1.807, 2.05) is 66.7 Å².